The van der Waals surface area contributed by atoms with Crippen LogP contribution in [-0.4, -0.2) is 30.6 Å². The van der Waals surface area contributed by atoms with Crippen LogP contribution in [0.25, 0.3) is 0 Å². The van der Waals surface area contributed by atoms with Crippen molar-refractivity contribution in [2.75, 3.05) is 25.7 Å². The molecule has 0 aliphatic carbocycles. The molecule has 0 amide bonds. The van der Waals surface area contributed by atoms with E-state index in [-0.39, 0.29) is 5.41 Å². The van der Waals surface area contributed by atoms with E-state index in [1.54, 1.807) is 11.8 Å². The van der Waals surface area contributed by atoms with Crippen LogP contribution in [0.5, 0.6) is 0 Å². The Morgan fingerprint density at radius 2 is 2.17 bits per heavy atom. The van der Waals surface area contributed by atoms with E-state index in [9.17, 15) is 0 Å². The maximum Gasteiger partial charge on any atom is 0.0700 e. The maximum atomic E-state index is 8.92. The zero-order valence-electron chi connectivity index (χ0n) is 8.42. The molecule has 0 bridgehead atoms. The zero-order valence-corrected chi connectivity index (χ0v) is 9.24. The molecule has 0 saturated heterocycles. The Morgan fingerprint density at radius 3 is 2.50 bits per heavy atom. The number of hydrogen-bond acceptors (Lipinski definition) is 3. The second-order valence-electron chi connectivity index (χ2n) is 3.46. The Kier molecular flexibility index (Phi) is 5.36. The number of nitriles is 1. The van der Waals surface area contributed by atoms with Crippen LogP contribution in [0.1, 0.15) is 20.3 Å². The molecular weight excluding hydrogens is 168 g/mol. The van der Waals surface area contributed by atoms with Crippen LogP contribution in [-0.2, 0) is 0 Å². The molecular formula is C9H18N2S. The van der Waals surface area contributed by atoms with E-state index in [0.717, 1.165) is 18.8 Å². The molecule has 12 heavy (non-hydrogen) atoms. The molecule has 0 aliphatic rings. The molecule has 0 fully saturated rings. The Balaban J connectivity index is 3.95. The average Bonchev–Trinajstić information content (AvgIpc) is 2.05. The van der Waals surface area contributed by atoms with Crippen LogP contribution in [0.2, 0.25) is 0 Å². The SMILES string of the molecule is CC[C@](C)(C#N)CN(C)CSC. The van der Waals surface area contributed by atoms with Crippen LogP contribution in [0, 0.1) is 16.7 Å². The lowest BCUT2D eigenvalue weighted by Crippen LogP contribution is -2.31. The second-order valence-corrected chi connectivity index (χ2v) is 4.29. The molecule has 0 saturated carbocycles. The fraction of sp³-hybridized carbons (Fsp3) is 0.889. The van der Waals surface area contributed by atoms with Crippen molar-refractivity contribution in [3.8, 4) is 6.07 Å². The van der Waals surface area contributed by atoms with E-state index in [4.69, 9.17) is 5.26 Å². The first-order valence-corrected chi connectivity index (χ1v) is 5.56. The Bertz CT molecular complexity index is 164. The van der Waals surface area contributed by atoms with Gasteiger partial charge in [-0.25, -0.2) is 0 Å². The van der Waals surface area contributed by atoms with Crippen LogP contribution in [0.4, 0.5) is 0 Å². The van der Waals surface area contributed by atoms with Gasteiger partial charge in [-0.05, 0) is 26.6 Å². The largest absolute Gasteiger partial charge is 0.296 e. The molecule has 70 valence electrons. The van der Waals surface area contributed by atoms with E-state index in [1.807, 2.05) is 6.92 Å². The van der Waals surface area contributed by atoms with Gasteiger partial charge in [-0.1, -0.05) is 6.92 Å². The third-order valence-corrected chi connectivity index (χ3v) is 2.72. The Morgan fingerprint density at radius 1 is 1.58 bits per heavy atom. The van der Waals surface area contributed by atoms with E-state index < -0.39 is 0 Å². The highest BCUT2D eigenvalue weighted by molar-refractivity contribution is 7.98. The molecule has 0 aliphatic heterocycles. The van der Waals surface area contributed by atoms with Crippen molar-refractivity contribution in [1.82, 2.24) is 4.90 Å². The summed E-state index contributed by atoms with van der Waals surface area (Å²) in [6.45, 7) is 4.95. The van der Waals surface area contributed by atoms with Gasteiger partial charge in [-0.15, -0.1) is 11.8 Å². The fourth-order valence-electron chi connectivity index (χ4n) is 1.09. The summed E-state index contributed by atoms with van der Waals surface area (Å²) in [5, 5.41) is 8.92. The van der Waals surface area contributed by atoms with Crippen LogP contribution in [0.15, 0.2) is 0 Å². The van der Waals surface area contributed by atoms with Crippen molar-refractivity contribution in [3.05, 3.63) is 0 Å². The lowest BCUT2D eigenvalue weighted by Gasteiger charge is -2.25. The molecule has 0 radical (unpaired) electrons. The summed E-state index contributed by atoms with van der Waals surface area (Å²) in [5.74, 6) is 0.997. The molecule has 0 aromatic heterocycles. The fourth-order valence-corrected chi connectivity index (χ4v) is 1.62. The lowest BCUT2D eigenvalue weighted by atomic mass is 9.89. The van der Waals surface area contributed by atoms with Crippen molar-refractivity contribution in [2.45, 2.75) is 20.3 Å². The predicted molar refractivity (Wildman–Crippen MR) is 55.0 cm³/mol. The summed E-state index contributed by atoms with van der Waals surface area (Å²) in [4.78, 5) is 2.19. The quantitative estimate of drug-likeness (QED) is 0.616. The molecule has 0 heterocycles. The minimum atomic E-state index is -0.176. The monoisotopic (exact) mass is 186 g/mol. The number of nitrogens with zero attached hydrogens (tertiary/aromatic N) is 2. The van der Waals surface area contributed by atoms with Crippen molar-refractivity contribution in [1.29, 1.82) is 5.26 Å². The minimum Gasteiger partial charge on any atom is -0.296 e. The zero-order chi connectivity index (χ0) is 9.61. The summed E-state index contributed by atoms with van der Waals surface area (Å²) < 4.78 is 0. The molecule has 0 aromatic carbocycles. The topological polar surface area (TPSA) is 27.0 Å². The molecule has 3 heteroatoms. The number of hydrogen-bond donors (Lipinski definition) is 0. The van der Waals surface area contributed by atoms with E-state index in [0.29, 0.717) is 0 Å². The highest BCUT2D eigenvalue weighted by atomic mass is 32.2. The molecule has 0 spiro atoms. The van der Waals surface area contributed by atoms with Gasteiger partial charge in [0.15, 0.2) is 0 Å². The highest BCUT2D eigenvalue weighted by Crippen LogP contribution is 2.20. The highest BCUT2D eigenvalue weighted by Gasteiger charge is 2.22. The first-order chi connectivity index (χ1) is 5.58. The van der Waals surface area contributed by atoms with Crippen LogP contribution in [0.3, 0.4) is 0 Å². The van der Waals surface area contributed by atoms with Gasteiger partial charge in [0.1, 0.15) is 0 Å². The van der Waals surface area contributed by atoms with Gasteiger partial charge in [0.05, 0.1) is 11.5 Å². The average molecular weight is 186 g/mol. The van der Waals surface area contributed by atoms with Crippen molar-refractivity contribution < 1.29 is 0 Å². The number of rotatable bonds is 5. The molecule has 0 aromatic rings. The molecule has 0 N–H and O–H groups in total. The summed E-state index contributed by atoms with van der Waals surface area (Å²) in [5.41, 5.74) is -0.176. The van der Waals surface area contributed by atoms with E-state index >= 15 is 0 Å². The van der Waals surface area contributed by atoms with Gasteiger partial charge in [0.25, 0.3) is 0 Å². The summed E-state index contributed by atoms with van der Waals surface area (Å²) in [6.07, 6.45) is 2.99. The van der Waals surface area contributed by atoms with Crippen molar-refractivity contribution in [3.63, 3.8) is 0 Å². The normalized spacial score (nSPS) is 15.7. The van der Waals surface area contributed by atoms with Gasteiger partial charge in [-0.2, -0.15) is 5.26 Å². The smallest absolute Gasteiger partial charge is 0.0700 e. The third kappa shape index (κ3) is 3.99. The van der Waals surface area contributed by atoms with Gasteiger partial charge in [0, 0.05) is 12.4 Å². The van der Waals surface area contributed by atoms with Crippen molar-refractivity contribution in [2.24, 2.45) is 5.41 Å². The van der Waals surface area contributed by atoms with Gasteiger partial charge >= 0.3 is 0 Å². The first kappa shape index (κ1) is 11.8. The Labute approximate surface area is 79.9 Å². The molecule has 1 atom stereocenters. The minimum absolute atomic E-state index is 0.176. The molecule has 0 unspecified atom stereocenters. The number of thioether (sulfide) groups is 1. The maximum absolute atomic E-state index is 8.92. The standard InChI is InChI=1S/C9H18N2S/c1-5-9(2,6-10)7-11(3)8-12-4/h5,7-8H2,1-4H3/t9-/m1/s1. The first-order valence-electron chi connectivity index (χ1n) is 4.16. The van der Waals surface area contributed by atoms with Gasteiger partial charge in [0.2, 0.25) is 0 Å². The van der Waals surface area contributed by atoms with Gasteiger partial charge in [-0.3, -0.25) is 4.90 Å². The van der Waals surface area contributed by atoms with E-state index in [1.165, 1.54) is 0 Å². The molecule has 0 rings (SSSR count). The summed E-state index contributed by atoms with van der Waals surface area (Å²) in [7, 11) is 2.06. The predicted octanol–water partition coefficient (Wildman–Crippen LogP) is 2.18. The molecule has 2 nitrogen and oxygen atoms in total. The third-order valence-electron chi connectivity index (χ3n) is 2.02. The lowest BCUT2D eigenvalue weighted by molar-refractivity contribution is 0.265. The van der Waals surface area contributed by atoms with Crippen LogP contribution >= 0.6 is 11.8 Å². The van der Waals surface area contributed by atoms with E-state index in [2.05, 4.69) is 31.2 Å². The second kappa shape index (κ2) is 5.45. The van der Waals surface area contributed by atoms with Crippen LogP contribution < -0.4 is 0 Å². The Hall–Kier alpha value is -0.200. The van der Waals surface area contributed by atoms with Crippen molar-refractivity contribution >= 4 is 11.8 Å². The summed E-state index contributed by atoms with van der Waals surface area (Å²) >= 11 is 1.79. The van der Waals surface area contributed by atoms with Gasteiger partial charge < -0.3 is 0 Å². The summed E-state index contributed by atoms with van der Waals surface area (Å²) in [6, 6.07) is 2.37.